The molecule has 1 fully saturated rings. The summed E-state index contributed by atoms with van der Waals surface area (Å²) in [5.74, 6) is -0.0825. The van der Waals surface area contributed by atoms with E-state index in [0.717, 1.165) is 19.5 Å². The van der Waals surface area contributed by atoms with E-state index in [4.69, 9.17) is 4.74 Å². The lowest BCUT2D eigenvalue weighted by Gasteiger charge is -2.35. The number of likely N-dealkylation sites (tertiary alicyclic amines) is 1. The van der Waals surface area contributed by atoms with Gasteiger partial charge >= 0.3 is 5.97 Å². The van der Waals surface area contributed by atoms with Crippen LogP contribution in [0.15, 0.2) is 18.2 Å². The molecule has 1 heterocycles. The van der Waals surface area contributed by atoms with Crippen molar-refractivity contribution in [3.63, 3.8) is 0 Å². The zero-order valence-electron chi connectivity index (χ0n) is 12.9. The minimum absolute atomic E-state index is 0.0825. The summed E-state index contributed by atoms with van der Waals surface area (Å²) in [5, 5.41) is 0. The number of ether oxygens (including phenoxy) is 1. The van der Waals surface area contributed by atoms with E-state index in [1.807, 2.05) is 0 Å². The molecule has 3 rings (SSSR count). The normalized spacial score (nSPS) is 22.0. The van der Waals surface area contributed by atoms with E-state index in [0.29, 0.717) is 12.5 Å². The predicted molar refractivity (Wildman–Crippen MR) is 83.1 cm³/mol. The van der Waals surface area contributed by atoms with Crippen molar-refractivity contribution in [2.45, 2.75) is 57.5 Å². The fourth-order valence-corrected chi connectivity index (χ4v) is 3.73. The topological polar surface area (TPSA) is 29.5 Å². The second-order valence-corrected chi connectivity index (χ2v) is 6.36. The van der Waals surface area contributed by atoms with Crippen LogP contribution in [0.4, 0.5) is 0 Å². The smallest absolute Gasteiger partial charge is 0.307 e. The quantitative estimate of drug-likeness (QED) is 0.797. The van der Waals surface area contributed by atoms with Gasteiger partial charge in [-0.1, -0.05) is 24.6 Å². The van der Waals surface area contributed by atoms with Gasteiger partial charge in [0.2, 0.25) is 0 Å². The third-order valence-corrected chi connectivity index (χ3v) is 4.93. The number of fused-ring (bicyclic) bond motifs is 1. The Bertz CT molecular complexity index is 512. The van der Waals surface area contributed by atoms with E-state index < -0.39 is 0 Å². The van der Waals surface area contributed by atoms with Gasteiger partial charge in [-0.25, -0.2) is 0 Å². The third kappa shape index (κ3) is 3.46. The summed E-state index contributed by atoms with van der Waals surface area (Å²) >= 11 is 0. The molecule has 0 amide bonds. The van der Waals surface area contributed by atoms with Crippen LogP contribution in [0.25, 0.3) is 0 Å². The van der Waals surface area contributed by atoms with E-state index >= 15 is 0 Å². The molecule has 1 saturated heterocycles. The molecule has 0 saturated carbocycles. The van der Waals surface area contributed by atoms with Gasteiger partial charge in [0.15, 0.2) is 0 Å². The van der Waals surface area contributed by atoms with Gasteiger partial charge in [0.05, 0.1) is 13.5 Å². The van der Waals surface area contributed by atoms with Gasteiger partial charge in [-0.3, -0.25) is 9.69 Å². The first-order chi connectivity index (χ1) is 10.3. The molecule has 2 aliphatic rings. The molecule has 0 radical (unpaired) electrons. The second-order valence-electron chi connectivity index (χ2n) is 6.36. The van der Waals surface area contributed by atoms with Crippen LogP contribution in [0.3, 0.4) is 0 Å². The summed E-state index contributed by atoms with van der Waals surface area (Å²) in [6, 6.07) is 7.30. The summed E-state index contributed by atoms with van der Waals surface area (Å²) in [4.78, 5) is 14.1. The number of piperidine rings is 1. The number of aryl methyl sites for hydroxylation is 2. The highest BCUT2D eigenvalue weighted by Crippen LogP contribution is 2.26. The number of methoxy groups -OCH3 is 1. The van der Waals surface area contributed by atoms with Gasteiger partial charge in [0.25, 0.3) is 0 Å². The Hall–Kier alpha value is -1.35. The standard InChI is InChI=1S/C18H25NO2/c1-21-18(20)12-17-7-2-3-10-19(17)13-14-8-9-15-5-4-6-16(15)11-14/h8-9,11,17H,2-7,10,12-13H2,1H3. The Morgan fingerprint density at radius 1 is 1.24 bits per heavy atom. The van der Waals surface area contributed by atoms with Crippen molar-refractivity contribution in [3.05, 3.63) is 34.9 Å². The minimum Gasteiger partial charge on any atom is -0.469 e. The van der Waals surface area contributed by atoms with Gasteiger partial charge in [0.1, 0.15) is 0 Å². The fraction of sp³-hybridized carbons (Fsp3) is 0.611. The minimum atomic E-state index is -0.0825. The number of benzene rings is 1. The molecule has 21 heavy (non-hydrogen) atoms. The molecule has 3 nitrogen and oxygen atoms in total. The van der Waals surface area contributed by atoms with Crippen molar-refractivity contribution >= 4 is 5.97 Å². The molecular formula is C18H25NO2. The highest BCUT2D eigenvalue weighted by Gasteiger charge is 2.25. The molecule has 3 heteroatoms. The lowest BCUT2D eigenvalue weighted by Crippen LogP contribution is -2.40. The van der Waals surface area contributed by atoms with Gasteiger partial charge in [-0.15, -0.1) is 0 Å². The molecule has 0 aromatic heterocycles. The molecule has 0 spiro atoms. The van der Waals surface area contributed by atoms with Crippen LogP contribution in [0.2, 0.25) is 0 Å². The first-order valence-corrected chi connectivity index (χ1v) is 8.18. The van der Waals surface area contributed by atoms with E-state index in [1.54, 1.807) is 0 Å². The second kappa shape index (κ2) is 6.61. The molecule has 1 aromatic rings. The number of rotatable bonds is 4. The van der Waals surface area contributed by atoms with E-state index in [1.165, 1.54) is 55.9 Å². The molecule has 114 valence electrons. The maximum atomic E-state index is 11.6. The van der Waals surface area contributed by atoms with Crippen molar-refractivity contribution in [1.29, 1.82) is 0 Å². The number of esters is 1. The predicted octanol–water partition coefficient (Wildman–Crippen LogP) is 3.09. The van der Waals surface area contributed by atoms with Crippen LogP contribution in [0.5, 0.6) is 0 Å². The van der Waals surface area contributed by atoms with Crippen LogP contribution in [-0.4, -0.2) is 30.6 Å². The molecule has 1 aliphatic heterocycles. The fourth-order valence-electron chi connectivity index (χ4n) is 3.73. The third-order valence-electron chi connectivity index (χ3n) is 4.93. The monoisotopic (exact) mass is 287 g/mol. The molecule has 1 atom stereocenters. The number of hydrogen-bond acceptors (Lipinski definition) is 3. The zero-order valence-corrected chi connectivity index (χ0v) is 12.9. The largest absolute Gasteiger partial charge is 0.469 e. The molecule has 0 bridgehead atoms. The van der Waals surface area contributed by atoms with Crippen LogP contribution < -0.4 is 0 Å². The summed E-state index contributed by atoms with van der Waals surface area (Å²) < 4.78 is 4.85. The van der Waals surface area contributed by atoms with E-state index in [-0.39, 0.29) is 5.97 Å². The van der Waals surface area contributed by atoms with Crippen molar-refractivity contribution in [2.75, 3.05) is 13.7 Å². The molecular weight excluding hydrogens is 262 g/mol. The maximum Gasteiger partial charge on any atom is 0.307 e. The Kier molecular flexibility index (Phi) is 4.59. The van der Waals surface area contributed by atoms with Gasteiger partial charge in [0, 0.05) is 12.6 Å². The molecule has 1 aromatic carbocycles. The molecule has 1 unspecified atom stereocenters. The van der Waals surface area contributed by atoms with E-state index in [2.05, 4.69) is 23.1 Å². The van der Waals surface area contributed by atoms with Gasteiger partial charge in [-0.05, 0) is 55.3 Å². The average molecular weight is 287 g/mol. The Morgan fingerprint density at radius 3 is 2.95 bits per heavy atom. The lowest BCUT2D eigenvalue weighted by atomic mass is 9.98. The molecule has 0 N–H and O–H groups in total. The van der Waals surface area contributed by atoms with E-state index in [9.17, 15) is 4.79 Å². The van der Waals surface area contributed by atoms with Crippen LogP contribution in [0, 0.1) is 0 Å². The SMILES string of the molecule is COC(=O)CC1CCCCN1Cc1ccc2c(c1)CCC2. The number of hydrogen-bond donors (Lipinski definition) is 0. The first-order valence-electron chi connectivity index (χ1n) is 8.18. The average Bonchev–Trinajstić information content (AvgIpc) is 2.96. The van der Waals surface area contributed by atoms with Crippen LogP contribution in [-0.2, 0) is 28.9 Å². The summed E-state index contributed by atoms with van der Waals surface area (Å²) in [6.07, 6.45) is 7.87. The maximum absolute atomic E-state index is 11.6. The number of carbonyl (C=O) groups is 1. The lowest BCUT2D eigenvalue weighted by molar-refractivity contribution is -0.142. The highest BCUT2D eigenvalue weighted by molar-refractivity contribution is 5.69. The van der Waals surface area contributed by atoms with Crippen molar-refractivity contribution < 1.29 is 9.53 Å². The number of nitrogens with zero attached hydrogens (tertiary/aromatic N) is 1. The van der Waals surface area contributed by atoms with Crippen molar-refractivity contribution in [3.8, 4) is 0 Å². The number of carbonyl (C=O) groups excluding carboxylic acids is 1. The zero-order chi connectivity index (χ0) is 14.7. The first kappa shape index (κ1) is 14.6. The van der Waals surface area contributed by atoms with Gasteiger partial charge < -0.3 is 4.74 Å². The molecule has 1 aliphatic carbocycles. The summed E-state index contributed by atoms with van der Waals surface area (Å²) in [6.45, 7) is 2.06. The highest BCUT2D eigenvalue weighted by atomic mass is 16.5. The van der Waals surface area contributed by atoms with Crippen LogP contribution in [0.1, 0.15) is 48.8 Å². The van der Waals surface area contributed by atoms with Gasteiger partial charge in [-0.2, -0.15) is 0 Å². The Labute approximate surface area is 127 Å². The van der Waals surface area contributed by atoms with Crippen molar-refractivity contribution in [1.82, 2.24) is 4.90 Å². The Morgan fingerprint density at radius 2 is 2.10 bits per heavy atom. The van der Waals surface area contributed by atoms with Crippen molar-refractivity contribution in [2.24, 2.45) is 0 Å². The summed E-state index contributed by atoms with van der Waals surface area (Å²) in [5.41, 5.74) is 4.46. The van der Waals surface area contributed by atoms with Crippen LogP contribution >= 0.6 is 0 Å². The Balaban J connectivity index is 1.67. The summed E-state index contributed by atoms with van der Waals surface area (Å²) in [7, 11) is 1.48.